The number of ether oxygens (including phenoxy) is 1. The smallest absolute Gasteiger partial charge is 0.270 e. The topological polar surface area (TPSA) is 76.1 Å². The van der Waals surface area contributed by atoms with Crippen molar-refractivity contribution in [2.45, 2.75) is 13.3 Å². The average Bonchev–Trinajstić information content (AvgIpc) is 2.70. The molecule has 0 saturated carbocycles. The molecule has 28 heavy (non-hydrogen) atoms. The highest BCUT2D eigenvalue weighted by atomic mass is 35.5. The minimum atomic E-state index is -0.238. The molecule has 0 radical (unpaired) electrons. The molecular formula is C21H21ClN4O2. The van der Waals surface area contributed by atoms with E-state index < -0.39 is 0 Å². The fourth-order valence-corrected chi connectivity index (χ4v) is 2.73. The first-order valence-corrected chi connectivity index (χ1v) is 9.21. The largest absolute Gasteiger partial charge is 0.497 e. The quantitative estimate of drug-likeness (QED) is 0.627. The summed E-state index contributed by atoms with van der Waals surface area (Å²) >= 11 is 5.90. The van der Waals surface area contributed by atoms with E-state index in [0.29, 0.717) is 28.9 Å². The van der Waals surface area contributed by atoms with Crippen LogP contribution in [-0.2, 0) is 6.42 Å². The van der Waals surface area contributed by atoms with Crippen molar-refractivity contribution in [3.8, 4) is 5.75 Å². The summed E-state index contributed by atoms with van der Waals surface area (Å²) in [5.41, 5.74) is 2.93. The maximum Gasteiger partial charge on any atom is 0.270 e. The summed E-state index contributed by atoms with van der Waals surface area (Å²) in [7, 11) is 1.63. The lowest BCUT2D eigenvalue weighted by Gasteiger charge is -2.09. The van der Waals surface area contributed by atoms with Crippen molar-refractivity contribution >= 4 is 29.1 Å². The van der Waals surface area contributed by atoms with E-state index >= 15 is 0 Å². The number of hydrogen-bond acceptors (Lipinski definition) is 5. The van der Waals surface area contributed by atoms with Gasteiger partial charge >= 0.3 is 0 Å². The maximum absolute atomic E-state index is 12.5. The van der Waals surface area contributed by atoms with E-state index in [2.05, 4.69) is 20.6 Å². The molecule has 6 nitrogen and oxygen atoms in total. The van der Waals surface area contributed by atoms with Gasteiger partial charge in [0.1, 0.15) is 11.4 Å². The Bertz CT molecular complexity index is 944. The molecule has 0 spiro atoms. The van der Waals surface area contributed by atoms with E-state index in [1.807, 2.05) is 43.3 Å². The van der Waals surface area contributed by atoms with Crippen LogP contribution in [0.1, 0.15) is 21.7 Å². The number of aromatic nitrogens is 2. The number of halogens is 1. The Morgan fingerprint density at radius 3 is 2.46 bits per heavy atom. The number of nitrogens with one attached hydrogen (secondary N) is 2. The first kappa shape index (κ1) is 19.6. The maximum atomic E-state index is 12.5. The molecule has 3 rings (SSSR count). The van der Waals surface area contributed by atoms with E-state index in [1.165, 1.54) is 0 Å². The summed E-state index contributed by atoms with van der Waals surface area (Å²) in [5, 5.41) is 6.63. The van der Waals surface area contributed by atoms with Crippen LogP contribution in [0.25, 0.3) is 0 Å². The molecule has 1 aromatic heterocycles. The molecule has 2 aromatic carbocycles. The van der Waals surface area contributed by atoms with Crippen LogP contribution < -0.4 is 15.4 Å². The van der Waals surface area contributed by atoms with Gasteiger partial charge in [0, 0.05) is 22.9 Å². The lowest BCUT2D eigenvalue weighted by Crippen LogP contribution is -2.27. The summed E-state index contributed by atoms with van der Waals surface area (Å²) in [6.07, 6.45) is 0.718. The number of anilines is 2. The molecule has 144 valence electrons. The molecule has 0 unspecified atom stereocenters. The Balaban J connectivity index is 1.60. The van der Waals surface area contributed by atoms with Crippen molar-refractivity contribution in [2.75, 3.05) is 19.0 Å². The zero-order valence-electron chi connectivity index (χ0n) is 15.7. The van der Waals surface area contributed by atoms with Gasteiger partial charge in [-0.2, -0.15) is 0 Å². The van der Waals surface area contributed by atoms with E-state index in [-0.39, 0.29) is 5.91 Å². The number of benzene rings is 2. The standard InChI is InChI=1S/C21H21ClN4O2/c1-14-13-19(26-21(24-14)25-17-7-5-16(22)6-8-17)20(27)23-12-11-15-3-9-18(28-2)10-4-15/h3-10,13H,11-12H2,1-2H3,(H,23,27)(H,24,25,26). The first-order chi connectivity index (χ1) is 13.5. The monoisotopic (exact) mass is 396 g/mol. The Morgan fingerprint density at radius 2 is 1.79 bits per heavy atom. The highest BCUT2D eigenvalue weighted by molar-refractivity contribution is 6.30. The number of methoxy groups -OCH3 is 1. The van der Waals surface area contributed by atoms with Gasteiger partial charge < -0.3 is 15.4 Å². The molecule has 0 saturated heterocycles. The van der Waals surface area contributed by atoms with Crippen LogP contribution in [0, 0.1) is 6.92 Å². The van der Waals surface area contributed by atoms with Gasteiger partial charge in [-0.3, -0.25) is 4.79 Å². The summed E-state index contributed by atoms with van der Waals surface area (Å²) in [5.74, 6) is 0.936. The SMILES string of the molecule is COc1ccc(CCNC(=O)c2cc(C)nc(Nc3ccc(Cl)cc3)n2)cc1. The van der Waals surface area contributed by atoms with Crippen molar-refractivity contribution in [1.29, 1.82) is 0 Å². The Hall–Kier alpha value is -3.12. The summed E-state index contributed by atoms with van der Waals surface area (Å²) in [6, 6.07) is 16.6. The zero-order chi connectivity index (χ0) is 19.9. The lowest BCUT2D eigenvalue weighted by atomic mass is 10.1. The molecule has 2 N–H and O–H groups in total. The molecule has 0 atom stereocenters. The third-order valence-corrected chi connectivity index (χ3v) is 4.30. The van der Waals surface area contributed by atoms with Crippen LogP contribution in [-0.4, -0.2) is 29.5 Å². The van der Waals surface area contributed by atoms with Crippen LogP contribution in [0.15, 0.2) is 54.6 Å². The summed E-state index contributed by atoms with van der Waals surface area (Å²) < 4.78 is 5.14. The molecule has 0 aliphatic rings. The first-order valence-electron chi connectivity index (χ1n) is 8.83. The predicted octanol–water partition coefficient (Wildman–Crippen LogP) is 4.16. The fourth-order valence-electron chi connectivity index (χ4n) is 2.61. The minimum absolute atomic E-state index is 0.238. The lowest BCUT2D eigenvalue weighted by molar-refractivity contribution is 0.0949. The second kappa shape index (κ2) is 9.19. The van der Waals surface area contributed by atoms with Crippen molar-refractivity contribution in [3.63, 3.8) is 0 Å². The van der Waals surface area contributed by atoms with Crippen LogP contribution in [0.3, 0.4) is 0 Å². The van der Waals surface area contributed by atoms with E-state index in [1.54, 1.807) is 25.3 Å². The number of carbonyl (C=O) groups is 1. The Kier molecular flexibility index (Phi) is 6.45. The van der Waals surface area contributed by atoms with Crippen molar-refractivity contribution in [3.05, 3.63) is 76.6 Å². The summed E-state index contributed by atoms with van der Waals surface area (Å²) in [6.45, 7) is 2.33. The minimum Gasteiger partial charge on any atom is -0.497 e. The zero-order valence-corrected chi connectivity index (χ0v) is 16.5. The van der Waals surface area contributed by atoms with Gasteiger partial charge in [-0.25, -0.2) is 9.97 Å². The van der Waals surface area contributed by atoms with Crippen LogP contribution in [0.5, 0.6) is 5.75 Å². The molecule has 0 aliphatic heterocycles. The highest BCUT2D eigenvalue weighted by Gasteiger charge is 2.10. The molecule has 1 heterocycles. The number of rotatable bonds is 7. The number of amides is 1. The van der Waals surface area contributed by atoms with Gasteiger partial charge in [-0.05, 0) is 61.4 Å². The number of aryl methyl sites for hydroxylation is 1. The second-order valence-corrected chi connectivity index (χ2v) is 6.64. The Morgan fingerprint density at radius 1 is 1.07 bits per heavy atom. The fraction of sp³-hybridized carbons (Fsp3) is 0.190. The summed E-state index contributed by atoms with van der Waals surface area (Å²) in [4.78, 5) is 21.1. The van der Waals surface area contributed by atoms with Crippen LogP contribution in [0.4, 0.5) is 11.6 Å². The molecule has 0 aliphatic carbocycles. The number of nitrogens with zero attached hydrogens (tertiary/aromatic N) is 2. The highest BCUT2D eigenvalue weighted by Crippen LogP contribution is 2.17. The van der Waals surface area contributed by atoms with Gasteiger partial charge in [0.25, 0.3) is 5.91 Å². The molecule has 0 fully saturated rings. The predicted molar refractivity (Wildman–Crippen MR) is 111 cm³/mol. The molecule has 3 aromatic rings. The van der Waals surface area contributed by atoms with Crippen molar-refractivity contribution in [2.24, 2.45) is 0 Å². The normalized spacial score (nSPS) is 10.4. The Labute approximate surface area is 168 Å². The van der Waals surface area contributed by atoms with Crippen LogP contribution >= 0.6 is 11.6 Å². The second-order valence-electron chi connectivity index (χ2n) is 6.20. The number of carbonyl (C=O) groups excluding carboxylic acids is 1. The molecule has 0 bridgehead atoms. The van der Waals surface area contributed by atoms with Gasteiger partial charge in [0.2, 0.25) is 5.95 Å². The third-order valence-electron chi connectivity index (χ3n) is 4.05. The molecule has 1 amide bonds. The van der Waals surface area contributed by atoms with E-state index in [0.717, 1.165) is 23.4 Å². The molecule has 7 heteroatoms. The van der Waals surface area contributed by atoms with E-state index in [9.17, 15) is 4.79 Å². The van der Waals surface area contributed by atoms with Crippen molar-refractivity contribution < 1.29 is 9.53 Å². The van der Waals surface area contributed by atoms with Gasteiger partial charge in [-0.15, -0.1) is 0 Å². The van der Waals surface area contributed by atoms with Gasteiger partial charge in [-0.1, -0.05) is 23.7 Å². The molecular weight excluding hydrogens is 376 g/mol. The van der Waals surface area contributed by atoms with Crippen LogP contribution in [0.2, 0.25) is 5.02 Å². The van der Waals surface area contributed by atoms with Gasteiger partial charge in [0.05, 0.1) is 7.11 Å². The number of hydrogen-bond donors (Lipinski definition) is 2. The van der Waals surface area contributed by atoms with Crippen molar-refractivity contribution in [1.82, 2.24) is 15.3 Å². The third kappa shape index (κ3) is 5.44. The van der Waals surface area contributed by atoms with E-state index in [4.69, 9.17) is 16.3 Å². The van der Waals surface area contributed by atoms with Gasteiger partial charge in [0.15, 0.2) is 0 Å². The average molecular weight is 397 g/mol.